The van der Waals surface area contributed by atoms with E-state index in [-0.39, 0.29) is 13.2 Å². The van der Waals surface area contributed by atoms with Crippen LogP contribution in [0.4, 0.5) is 17.6 Å². The molecule has 1 amide bonds. The van der Waals surface area contributed by atoms with Gasteiger partial charge in [0.2, 0.25) is 0 Å². The van der Waals surface area contributed by atoms with Gasteiger partial charge in [0.25, 0.3) is 5.91 Å². The van der Waals surface area contributed by atoms with E-state index < -0.39 is 41.0 Å². The summed E-state index contributed by atoms with van der Waals surface area (Å²) >= 11 is 0. The molecule has 1 unspecified atom stereocenters. The van der Waals surface area contributed by atoms with Crippen molar-refractivity contribution in [3.63, 3.8) is 0 Å². The normalized spacial score (nSPS) is 15.7. The minimum atomic E-state index is -4.77. The molecule has 1 aliphatic rings. The van der Waals surface area contributed by atoms with Crippen LogP contribution in [0, 0.1) is 5.82 Å². The van der Waals surface area contributed by atoms with E-state index in [1.807, 2.05) is 0 Å². The van der Waals surface area contributed by atoms with Gasteiger partial charge in [0.1, 0.15) is 11.9 Å². The van der Waals surface area contributed by atoms with Crippen molar-refractivity contribution in [2.45, 2.75) is 128 Å². The van der Waals surface area contributed by atoms with Crippen LogP contribution < -0.4 is 0 Å². The molecule has 0 saturated carbocycles. The van der Waals surface area contributed by atoms with Crippen LogP contribution in [0.15, 0.2) is 18.2 Å². The lowest BCUT2D eigenvalue weighted by molar-refractivity contribution is -0.148. The number of rotatable bonds is 18. The molecular formula is C30H45F4NO3. The standard InChI is InChI=1S/C30H45F4NO3/c1-2-3-4-5-6-7-8-9-10-11-12-13-14-15-16-20-38-29(37)27-18-17-19-35(27)28(36)24-21-25(30(32,33)34)23-26(31)22-24/h21-23,27H,2-20H2,1H3. The number of unbranched alkanes of at least 4 members (excludes halogenated alkanes) is 14. The van der Waals surface area contributed by atoms with Crippen molar-refractivity contribution in [3.8, 4) is 0 Å². The Morgan fingerprint density at radius 2 is 1.37 bits per heavy atom. The highest BCUT2D eigenvalue weighted by atomic mass is 19.4. The van der Waals surface area contributed by atoms with E-state index in [4.69, 9.17) is 4.74 Å². The van der Waals surface area contributed by atoms with E-state index in [9.17, 15) is 27.2 Å². The van der Waals surface area contributed by atoms with Crippen LogP contribution in [0.5, 0.6) is 0 Å². The highest BCUT2D eigenvalue weighted by Crippen LogP contribution is 2.31. The molecule has 2 rings (SSSR count). The largest absolute Gasteiger partial charge is 0.464 e. The monoisotopic (exact) mass is 543 g/mol. The molecule has 38 heavy (non-hydrogen) atoms. The number of likely N-dealkylation sites (tertiary alicyclic amines) is 1. The highest BCUT2D eigenvalue weighted by Gasteiger charge is 2.37. The van der Waals surface area contributed by atoms with Crippen LogP contribution in [0.1, 0.15) is 132 Å². The van der Waals surface area contributed by atoms with Gasteiger partial charge >= 0.3 is 12.1 Å². The number of nitrogens with zero attached hydrogens (tertiary/aromatic N) is 1. The lowest BCUT2D eigenvalue weighted by Gasteiger charge is -2.23. The molecule has 1 saturated heterocycles. The number of ether oxygens (including phenoxy) is 1. The van der Waals surface area contributed by atoms with E-state index in [1.165, 1.54) is 81.9 Å². The number of benzene rings is 1. The molecule has 0 bridgehead atoms. The van der Waals surface area contributed by atoms with Crippen LogP contribution in [0.2, 0.25) is 0 Å². The number of alkyl halides is 3. The van der Waals surface area contributed by atoms with Crippen LogP contribution in [-0.2, 0) is 15.7 Å². The maximum atomic E-state index is 13.7. The Morgan fingerprint density at radius 1 is 0.842 bits per heavy atom. The van der Waals surface area contributed by atoms with Crippen LogP contribution >= 0.6 is 0 Å². The van der Waals surface area contributed by atoms with Crippen molar-refractivity contribution in [2.75, 3.05) is 13.2 Å². The van der Waals surface area contributed by atoms with Gasteiger partial charge < -0.3 is 9.64 Å². The smallest absolute Gasteiger partial charge is 0.416 e. The number of carbonyl (C=O) groups excluding carboxylic acids is 2. The van der Waals surface area contributed by atoms with Gasteiger partial charge in [-0.3, -0.25) is 4.79 Å². The topological polar surface area (TPSA) is 46.6 Å². The Bertz CT molecular complexity index is 843. The van der Waals surface area contributed by atoms with Crippen molar-refractivity contribution >= 4 is 11.9 Å². The molecule has 0 radical (unpaired) electrons. The fraction of sp³-hybridized carbons (Fsp3) is 0.733. The molecule has 1 aromatic carbocycles. The summed E-state index contributed by atoms with van der Waals surface area (Å²) in [6.07, 6.45) is 14.7. The summed E-state index contributed by atoms with van der Waals surface area (Å²) in [5.74, 6) is -2.48. The number of amides is 1. The van der Waals surface area contributed by atoms with E-state index >= 15 is 0 Å². The second-order valence-electron chi connectivity index (χ2n) is 10.5. The number of halogens is 4. The lowest BCUT2D eigenvalue weighted by atomic mass is 10.0. The van der Waals surface area contributed by atoms with E-state index in [0.717, 1.165) is 25.3 Å². The number of hydrogen-bond donors (Lipinski definition) is 0. The van der Waals surface area contributed by atoms with Crippen molar-refractivity contribution in [3.05, 3.63) is 35.1 Å². The average molecular weight is 544 g/mol. The van der Waals surface area contributed by atoms with Crippen molar-refractivity contribution in [1.82, 2.24) is 4.90 Å². The van der Waals surface area contributed by atoms with Gasteiger partial charge in [-0.15, -0.1) is 0 Å². The zero-order valence-electron chi connectivity index (χ0n) is 22.9. The summed E-state index contributed by atoms with van der Waals surface area (Å²) in [7, 11) is 0. The Morgan fingerprint density at radius 3 is 1.89 bits per heavy atom. The Labute approximate surface area is 225 Å². The molecule has 1 fully saturated rings. The first kappa shape index (κ1) is 32.1. The van der Waals surface area contributed by atoms with Gasteiger partial charge in [-0.05, 0) is 37.5 Å². The third kappa shape index (κ3) is 11.7. The first-order valence-corrected chi connectivity index (χ1v) is 14.6. The van der Waals surface area contributed by atoms with Gasteiger partial charge in [0.15, 0.2) is 0 Å². The number of hydrogen-bond acceptors (Lipinski definition) is 3. The second kappa shape index (κ2) is 17.5. The molecule has 0 aliphatic carbocycles. The number of carbonyl (C=O) groups is 2. The Hall–Kier alpha value is -2.12. The molecule has 216 valence electrons. The quantitative estimate of drug-likeness (QED) is 0.106. The van der Waals surface area contributed by atoms with Crippen LogP contribution in [0.3, 0.4) is 0 Å². The van der Waals surface area contributed by atoms with Crippen molar-refractivity contribution in [1.29, 1.82) is 0 Å². The predicted molar refractivity (Wildman–Crippen MR) is 141 cm³/mol. The van der Waals surface area contributed by atoms with Gasteiger partial charge in [0, 0.05) is 12.1 Å². The molecular weight excluding hydrogens is 498 g/mol. The van der Waals surface area contributed by atoms with Gasteiger partial charge in [-0.25, -0.2) is 9.18 Å². The van der Waals surface area contributed by atoms with Gasteiger partial charge in [-0.1, -0.05) is 96.8 Å². The molecule has 0 spiro atoms. The first-order valence-electron chi connectivity index (χ1n) is 14.6. The van der Waals surface area contributed by atoms with Crippen molar-refractivity contribution in [2.24, 2.45) is 0 Å². The van der Waals surface area contributed by atoms with Gasteiger partial charge in [0.05, 0.1) is 12.2 Å². The van der Waals surface area contributed by atoms with Crippen molar-refractivity contribution < 1.29 is 31.9 Å². The molecule has 0 aromatic heterocycles. The minimum absolute atomic E-state index is 0.218. The van der Waals surface area contributed by atoms with Crippen LogP contribution in [-0.4, -0.2) is 36.0 Å². The summed E-state index contributed by atoms with van der Waals surface area (Å²) in [5, 5.41) is 0. The first-order chi connectivity index (χ1) is 18.2. The fourth-order valence-corrected chi connectivity index (χ4v) is 5.04. The molecule has 1 aliphatic heterocycles. The second-order valence-corrected chi connectivity index (χ2v) is 10.5. The maximum absolute atomic E-state index is 13.7. The zero-order valence-corrected chi connectivity index (χ0v) is 22.9. The molecule has 1 heterocycles. The van der Waals surface area contributed by atoms with Crippen LogP contribution in [0.25, 0.3) is 0 Å². The summed E-state index contributed by atoms with van der Waals surface area (Å²) in [4.78, 5) is 26.6. The molecule has 0 N–H and O–H groups in total. The summed E-state index contributed by atoms with van der Waals surface area (Å²) in [6.45, 7) is 2.72. The minimum Gasteiger partial charge on any atom is -0.464 e. The molecule has 1 atom stereocenters. The molecule has 4 nitrogen and oxygen atoms in total. The summed E-state index contributed by atoms with van der Waals surface area (Å²) in [6, 6.07) is 0.899. The SMILES string of the molecule is CCCCCCCCCCCCCCCCCOC(=O)C1CCCN1C(=O)c1cc(F)cc(C(F)(F)F)c1. The lowest BCUT2D eigenvalue weighted by Crippen LogP contribution is -2.41. The zero-order chi connectivity index (χ0) is 27.8. The summed E-state index contributed by atoms with van der Waals surface area (Å²) in [5.41, 5.74) is -1.65. The molecule has 1 aromatic rings. The molecule has 8 heteroatoms. The Kier molecular flexibility index (Phi) is 14.8. The van der Waals surface area contributed by atoms with E-state index in [0.29, 0.717) is 25.0 Å². The van der Waals surface area contributed by atoms with Gasteiger partial charge in [-0.2, -0.15) is 13.2 Å². The number of esters is 1. The van der Waals surface area contributed by atoms with E-state index in [1.54, 1.807) is 0 Å². The Balaban J connectivity index is 1.58. The third-order valence-corrected chi connectivity index (χ3v) is 7.25. The predicted octanol–water partition coefficient (Wildman–Crippen LogP) is 8.86. The maximum Gasteiger partial charge on any atom is 0.416 e. The highest BCUT2D eigenvalue weighted by molar-refractivity contribution is 5.97. The van der Waals surface area contributed by atoms with E-state index in [2.05, 4.69) is 6.92 Å². The average Bonchev–Trinajstić information content (AvgIpc) is 3.37. The summed E-state index contributed by atoms with van der Waals surface area (Å²) < 4.78 is 58.2. The fourth-order valence-electron chi connectivity index (χ4n) is 5.04. The third-order valence-electron chi connectivity index (χ3n) is 7.25.